The molecule has 12 heteroatoms. The number of hydrogen-bond donors (Lipinski definition) is 2. The number of carbonyl (C=O) groups excluding carboxylic acids is 1. The molecule has 1 amide bonds. The third kappa shape index (κ3) is 5.57. The number of rotatable bonds is 8. The number of morpholine rings is 1. The highest BCUT2D eigenvalue weighted by molar-refractivity contribution is 7.92. The Morgan fingerprint density at radius 2 is 1.89 bits per heavy atom. The maximum absolute atomic E-state index is 15.1. The molecule has 1 aliphatic rings. The summed E-state index contributed by atoms with van der Waals surface area (Å²) in [4.78, 5) is 31.6. The largest absolute Gasteiger partial charge is 0.379 e. The quantitative estimate of drug-likeness (QED) is 0.331. The van der Waals surface area contributed by atoms with Crippen molar-refractivity contribution >= 4 is 26.6 Å². The molecule has 1 fully saturated rings. The van der Waals surface area contributed by atoms with Crippen molar-refractivity contribution in [3.63, 3.8) is 0 Å². The minimum atomic E-state index is -3.93. The lowest BCUT2D eigenvalue weighted by molar-refractivity contribution is -0.131. The number of carbonyl (C=O) groups is 1. The Morgan fingerprint density at radius 1 is 1.22 bits per heavy atom. The Labute approximate surface area is 213 Å². The van der Waals surface area contributed by atoms with Crippen molar-refractivity contribution < 1.29 is 27.5 Å². The van der Waals surface area contributed by atoms with Crippen LogP contribution >= 0.6 is 0 Å². The smallest absolute Gasteiger partial charge is 0.264 e. The zero-order valence-corrected chi connectivity index (χ0v) is 21.4. The van der Waals surface area contributed by atoms with E-state index in [2.05, 4.69) is 9.88 Å². The molecule has 1 aliphatic heterocycles. The molecule has 4 rings (SSSR count). The third-order valence-corrected chi connectivity index (χ3v) is 8.94. The van der Waals surface area contributed by atoms with Crippen LogP contribution in [0.1, 0.15) is 18.9 Å². The number of hydrogen-bond acceptors (Lipinski definition) is 8. The molecule has 0 aliphatic carbocycles. The van der Waals surface area contributed by atoms with Gasteiger partial charge in [0.2, 0.25) is 0 Å². The number of halogens is 1. The van der Waals surface area contributed by atoms with Crippen molar-refractivity contribution in [2.45, 2.75) is 31.2 Å². The molecule has 1 aromatic heterocycles. The lowest BCUT2D eigenvalue weighted by atomic mass is 10.0. The maximum Gasteiger partial charge on any atom is 0.264 e. The molecular formula is C25H29FN4O6S. The highest BCUT2D eigenvalue weighted by atomic mass is 32.2. The lowest BCUT2D eigenvalue weighted by Gasteiger charge is -2.26. The lowest BCUT2D eigenvalue weighted by Crippen LogP contribution is -2.50. The first-order valence-corrected chi connectivity index (χ1v) is 13.6. The van der Waals surface area contributed by atoms with Crippen molar-refractivity contribution in [2.24, 2.45) is 0 Å². The average Bonchev–Trinajstić information content (AvgIpc) is 2.88. The molecule has 198 valence electrons. The van der Waals surface area contributed by atoms with Gasteiger partial charge in [0.15, 0.2) is 14.6 Å². The summed E-state index contributed by atoms with van der Waals surface area (Å²) in [6.45, 7) is 4.91. The van der Waals surface area contributed by atoms with Crippen LogP contribution in [0.15, 0.2) is 47.5 Å². The number of nitrogens with one attached hydrogen (secondary N) is 1. The monoisotopic (exact) mass is 532 g/mol. The van der Waals surface area contributed by atoms with Crippen LogP contribution in [0, 0.1) is 5.82 Å². The van der Waals surface area contributed by atoms with Crippen LogP contribution in [0.2, 0.25) is 0 Å². The number of aryl methyl sites for hydroxylation is 1. The van der Waals surface area contributed by atoms with Crippen LogP contribution in [-0.4, -0.2) is 71.3 Å². The molecule has 0 unspecified atom stereocenters. The molecule has 2 N–H and O–H groups in total. The van der Waals surface area contributed by atoms with Crippen molar-refractivity contribution in [1.82, 2.24) is 19.9 Å². The summed E-state index contributed by atoms with van der Waals surface area (Å²) < 4.78 is 44.0. The van der Waals surface area contributed by atoms with Gasteiger partial charge in [-0.15, -0.1) is 0 Å². The molecule has 0 radical (unpaired) electrons. The second kappa shape index (κ2) is 10.7. The number of ether oxygens (including phenoxy) is 1. The Hall–Kier alpha value is -3.19. The van der Waals surface area contributed by atoms with Crippen LogP contribution in [0.4, 0.5) is 4.39 Å². The first kappa shape index (κ1) is 26.9. The normalized spacial score (nSPS) is 16.4. The van der Waals surface area contributed by atoms with Gasteiger partial charge in [0.25, 0.3) is 11.5 Å². The zero-order chi connectivity index (χ0) is 26.8. The fourth-order valence-electron chi connectivity index (χ4n) is 4.29. The van der Waals surface area contributed by atoms with Crippen LogP contribution in [0.5, 0.6) is 0 Å². The summed E-state index contributed by atoms with van der Waals surface area (Å²) in [6.07, 6.45) is 1.80. The number of fused-ring (bicyclic) bond motifs is 1. The van der Waals surface area contributed by atoms with Gasteiger partial charge in [-0.1, -0.05) is 24.3 Å². The van der Waals surface area contributed by atoms with Crippen LogP contribution in [0.3, 0.4) is 0 Å². The van der Waals surface area contributed by atoms with Crippen LogP contribution in [-0.2, 0) is 32.5 Å². The van der Waals surface area contributed by atoms with Gasteiger partial charge in [-0.05, 0) is 36.6 Å². The number of hydroxylamine groups is 1. The first-order chi connectivity index (χ1) is 17.5. The molecule has 0 saturated carbocycles. The predicted octanol–water partition coefficient (Wildman–Crippen LogP) is 1.73. The standard InChI is InChI=1S/C25H29FN4O6S/c1-25(24(32)28-33,37(2,34)35)7-8-30-16-27-22-14-19(21(26)13-20(22)23(30)31)18-5-3-17(4-6-18)15-29-9-11-36-12-10-29/h3-6,13-14,16,33H,7-12,15H2,1-2H3,(H,28,32)/t25-/m1/s1. The zero-order valence-electron chi connectivity index (χ0n) is 20.6. The molecule has 2 aromatic carbocycles. The highest BCUT2D eigenvalue weighted by Crippen LogP contribution is 2.27. The number of nitrogens with zero attached hydrogens (tertiary/aromatic N) is 3. The summed E-state index contributed by atoms with van der Waals surface area (Å²) >= 11 is 0. The minimum absolute atomic E-state index is 0.0281. The Bertz CT molecular complexity index is 1470. The van der Waals surface area contributed by atoms with E-state index in [0.29, 0.717) is 24.3 Å². The number of sulfone groups is 1. The second-order valence-corrected chi connectivity index (χ2v) is 11.8. The maximum atomic E-state index is 15.1. The molecule has 37 heavy (non-hydrogen) atoms. The Morgan fingerprint density at radius 3 is 2.51 bits per heavy atom. The van der Waals surface area contributed by atoms with E-state index in [4.69, 9.17) is 9.94 Å². The number of amides is 1. The van der Waals surface area contributed by atoms with E-state index in [1.54, 1.807) is 0 Å². The van der Waals surface area contributed by atoms with Gasteiger partial charge in [-0.3, -0.25) is 24.3 Å². The van der Waals surface area contributed by atoms with Gasteiger partial charge in [0.1, 0.15) is 5.82 Å². The third-order valence-electron chi connectivity index (χ3n) is 6.92. The van der Waals surface area contributed by atoms with E-state index in [1.165, 1.54) is 17.9 Å². The van der Waals surface area contributed by atoms with Gasteiger partial charge >= 0.3 is 0 Å². The van der Waals surface area contributed by atoms with Crippen molar-refractivity contribution in [2.75, 3.05) is 32.6 Å². The van der Waals surface area contributed by atoms with E-state index in [0.717, 1.165) is 49.0 Å². The molecule has 0 spiro atoms. The Balaban J connectivity index is 1.58. The summed E-state index contributed by atoms with van der Waals surface area (Å²) in [6, 6.07) is 10.2. The van der Waals surface area contributed by atoms with Gasteiger partial charge in [0.05, 0.1) is 30.4 Å². The van der Waals surface area contributed by atoms with E-state index >= 15 is 4.39 Å². The number of aromatic nitrogens is 2. The summed E-state index contributed by atoms with van der Waals surface area (Å²) in [7, 11) is -3.93. The van der Waals surface area contributed by atoms with Crippen LogP contribution < -0.4 is 11.0 Å². The minimum Gasteiger partial charge on any atom is -0.379 e. The van der Waals surface area contributed by atoms with Crippen LogP contribution in [0.25, 0.3) is 22.0 Å². The second-order valence-electron chi connectivity index (χ2n) is 9.37. The molecule has 10 nitrogen and oxygen atoms in total. The van der Waals surface area contributed by atoms with E-state index in [9.17, 15) is 18.0 Å². The SMILES string of the molecule is C[C@@](CCn1cnc2cc(-c3ccc(CN4CCOCC4)cc3)c(F)cc2c1=O)(C(=O)NO)S(C)(=O)=O. The molecule has 1 atom stereocenters. The fraction of sp³-hybridized carbons (Fsp3) is 0.400. The molecule has 1 saturated heterocycles. The van der Waals surface area contributed by atoms with Gasteiger partial charge in [-0.25, -0.2) is 23.3 Å². The van der Waals surface area contributed by atoms with E-state index in [1.807, 2.05) is 24.3 Å². The molecule has 3 aromatic rings. The van der Waals surface area contributed by atoms with Gasteiger partial charge in [0, 0.05) is 38.0 Å². The molecular weight excluding hydrogens is 503 g/mol. The highest BCUT2D eigenvalue weighted by Gasteiger charge is 2.43. The van der Waals surface area contributed by atoms with Crippen molar-refractivity contribution in [1.29, 1.82) is 0 Å². The van der Waals surface area contributed by atoms with Gasteiger partial charge in [-0.2, -0.15) is 0 Å². The van der Waals surface area contributed by atoms with E-state index in [-0.39, 0.29) is 23.9 Å². The van der Waals surface area contributed by atoms with Crippen molar-refractivity contribution in [3.8, 4) is 11.1 Å². The first-order valence-electron chi connectivity index (χ1n) is 11.8. The Kier molecular flexibility index (Phi) is 7.74. The fourth-order valence-corrected chi connectivity index (χ4v) is 5.13. The summed E-state index contributed by atoms with van der Waals surface area (Å²) in [5.74, 6) is -1.70. The summed E-state index contributed by atoms with van der Waals surface area (Å²) in [5, 5.41) is 9.00. The predicted molar refractivity (Wildman–Crippen MR) is 135 cm³/mol. The summed E-state index contributed by atoms with van der Waals surface area (Å²) in [5.41, 5.74) is 3.13. The van der Waals surface area contributed by atoms with E-state index < -0.39 is 31.9 Å². The van der Waals surface area contributed by atoms with Gasteiger partial charge < -0.3 is 4.74 Å². The number of benzene rings is 2. The topological polar surface area (TPSA) is 131 Å². The van der Waals surface area contributed by atoms with Crippen molar-refractivity contribution in [3.05, 3.63) is 64.5 Å². The molecule has 2 heterocycles. The molecule has 0 bridgehead atoms. The average molecular weight is 533 g/mol.